The van der Waals surface area contributed by atoms with Crippen LogP contribution in [0.1, 0.15) is 51.0 Å². The third kappa shape index (κ3) is 4.81. The Hall–Kier alpha value is -1.59. The van der Waals surface area contributed by atoms with Gasteiger partial charge in [-0.1, -0.05) is 31.4 Å². The fourth-order valence-electron chi connectivity index (χ4n) is 5.22. The molecule has 10 heteroatoms. The van der Waals surface area contributed by atoms with E-state index in [0.717, 1.165) is 42.1 Å². The molecule has 1 aromatic heterocycles. The lowest BCUT2D eigenvalue weighted by molar-refractivity contribution is 0.0730. The van der Waals surface area contributed by atoms with Crippen LogP contribution >= 0.6 is 12.2 Å². The summed E-state index contributed by atoms with van der Waals surface area (Å²) in [6.07, 6.45) is 8.26. The summed E-state index contributed by atoms with van der Waals surface area (Å²) >= 11 is 5.92. The lowest BCUT2D eigenvalue weighted by Crippen LogP contribution is -2.40. The second kappa shape index (κ2) is 9.95. The summed E-state index contributed by atoms with van der Waals surface area (Å²) in [7, 11) is -3.58. The number of piperidine rings is 1. The Morgan fingerprint density at radius 3 is 2.45 bits per heavy atom. The van der Waals surface area contributed by atoms with Crippen LogP contribution in [0.15, 0.2) is 29.2 Å². The monoisotopic (exact) mass is 491 g/mol. The number of sulfonamides is 1. The zero-order valence-corrected chi connectivity index (χ0v) is 20.7. The largest absolute Gasteiger partial charge is 0.379 e. The van der Waals surface area contributed by atoms with E-state index < -0.39 is 10.0 Å². The first-order chi connectivity index (χ1) is 16.0. The van der Waals surface area contributed by atoms with Crippen LogP contribution < -0.4 is 0 Å². The summed E-state index contributed by atoms with van der Waals surface area (Å²) in [4.78, 5) is 2.71. The quantitative estimate of drug-likeness (QED) is 0.575. The molecule has 0 bridgehead atoms. The average Bonchev–Trinajstić information content (AvgIpc) is 3.49. The van der Waals surface area contributed by atoms with Crippen LogP contribution in [0.3, 0.4) is 0 Å². The second-order valence-corrected chi connectivity index (χ2v) is 11.6. The molecule has 0 spiro atoms. The van der Waals surface area contributed by atoms with Gasteiger partial charge in [0.25, 0.3) is 0 Å². The first-order valence-electron chi connectivity index (χ1n) is 12.1. The molecule has 0 radical (unpaired) electrons. The molecule has 3 fully saturated rings. The fourth-order valence-corrected chi connectivity index (χ4v) is 7.01. The molecular formula is C23H33N5O3S2. The van der Waals surface area contributed by atoms with Crippen LogP contribution in [0.2, 0.25) is 0 Å². The van der Waals surface area contributed by atoms with E-state index in [2.05, 4.69) is 9.47 Å². The molecule has 2 aromatic rings. The van der Waals surface area contributed by atoms with Crippen LogP contribution in [-0.4, -0.2) is 71.4 Å². The van der Waals surface area contributed by atoms with Crippen molar-refractivity contribution < 1.29 is 13.2 Å². The summed E-state index contributed by atoms with van der Waals surface area (Å²) < 4.78 is 38.2. The SMILES string of the molecule is O=S(=O)(c1cccc(-c2nn(CN3CCCCC3)c(=S)n2C2CCCC2)c1)N1CCOCC1. The highest BCUT2D eigenvalue weighted by molar-refractivity contribution is 7.89. The summed E-state index contributed by atoms with van der Waals surface area (Å²) in [6, 6.07) is 7.52. The molecule has 1 aliphatic carbocycles. The van der Waals surface area contributed by atoms with Gasteiger partial charge in [-0.15, -0.1) is 0 Å². The molecule has 0 unspecified atom stereocenters. The first kappa shape index (κ1) is 23.2. The maximum Gasteiger partial charge on any atom is 0.243 e. The average molecular weight is 492 g/mol. The number of ether oxygens (including phenoxy) is 1. The van der Waals surface area contributed by atoms with Crippen LogP contribution in [0.25, 0.3) is 11.4 Å². The summed E-state index contributed by atoms with van der Waals surface area (Å²) in [6.45, 7) is 4.46. The van der Waals surface area contributed by atoms with E-state index >= 15 is 0 Å². The molecule has 1 saturated carbocycles. The summed E-state index contributed by atoms with van der Waals surface area (Å²) in [5.41, 5.74) is 0.805. The Morgan fingerprint density at radius 2 is 1.73 bits per heavy atom. The molecule has 0 amide bonds. The van der Waals surface area contributed by atoms with Gasteiger partial charge in [-0.25, -0.2) is 13.1 Å². The van der Waals surface area contributed by atoms with Crippen molar-refractivity contribution in [2.24, 2.45) is 0 Å². The molecular weight excluding hydrogens is 458 g/mol. The maximum absolute atomic E-state index is 13.3. The van der Waals surface area contributed by atoms with Crippen LogP contribution in [-0.2, 0) is 21.4 Å². The van der Waals surface area contributed by atoms with E-state index in [1.54, 1.807) is 12.1 Å². The number of hydrogen-bond acceptors (Lipinski definition) is 6. The number of aromatic nitrogens is 3. The van der Waals surface area contributed by atoms with Crippen molar-refractivity contribution in [2.45, 2.75) is 62.6 Å². The Labute approximate surface area is 201 Å². The Balaban J connectivity index is 1.52. The third-order valence-corrected chi connectivity index (χ3v) is 9.35. The van der Waals surface area contributed by atoms with Gasteiger partial charge in [-0.3, -0.25) is 9.47 Å². The zero-order chi connectivity index (χ0) is 22.8. The molecule has 2 saturated heterocycles. The van der Waals surface area contributed by atoms with E-state index in [1.807, 2.05) is 16.8 Å². The summed E-state index contributed by atoms with van der Waals surface area (Å²) in [5.74, 6) is 0.780. The maximum atomic E-state index is 13.3. The molecule has 8 nitrogen and oxygen atoms in total. The number of nitrogens with zero attached hydrogens (tertiary/aromatic N) is 5. The van der Waals surface area contributed by atoms with Crippen LogP contribution in [0, 0.1) is 4.77 Å². The lowest BCUT2D eigenvalue weighted by atomic mass is 10.1. The van der Waals surface area contributed by atoms with Gasteiger partial charge in [0.2, 0.25) is 10.0 Å². The van der Waals surface area contributed by atoms with Crippen molar-refractivity contribution in [1.29, 1.82) is 0 Å². The van der Waals surface area contributed by atoms with Crippen molar-refractivity contribution in [2.75, 3.05) is 39.4 Å². The van der Waals surface area contributed by atoms with E-state index in [4.69, 9.17) is 22.1 Å². The Bertz CT molecular complexity index is 1130. The summed E-state index contributed by atoms with van der Waals surface area (Å²) in [5, 5.41) is 4.96. The van der Waals surface area contributed by atoms with Crippen molar-refractivity contribution in [3.05, 3.63) is 29.0 Å². The third-order valence-electron chi connectivity index (χ3n) is 7.04. The van der Waals surface area contributed by atoms with Gasteiger partial charge in [0.15, 0.2) is 10.6 Å². The number of rotatable bonds is 6. The molecule has 5 rings (SSSR count). The molecule has 180 valence electrons. The van der Waals surface area contributed by atoms with Gasteiger partial charge in [0.05, 0.1) is 24.8 Å². The molecule has 0 N–H and O–H groups in total. The van der Waals surface area contributed by atoms with E-state index in [9.17, 15) is 8.42 Å². The normalized spacial score (nSPS) is 21.6. The number of hydrogen-bond donors (Lipinski definition) is 0. The predicted molar refractivity (Wildman–Crippen MR) is 129 cm³/mol. The lowest BCUT2D eigenvalue weighted by Gasteiger charge is -2.26. The standard InChI is InChI=1S/C23H33N5O3S2/c29-33(30,26-13-15-31-16-14-26)21-10-6-7-19(17-21)22-24-27(18-25-11-4-1-5-12-25)23(32)28(22)20-8-2-3-9-20/h6-7,10,17,20H,1-5,8-9,11-16,18H2. The van der Waals surface area contributed by atoms with Crippen molar-refractivity contribution >= 4 is 22.2 Å². The number of likely N-dealkylation sites (tertiary alicyclic amines) is 1. The van der Waals surface area contributed by atoms with Gasteiger partial charge >= 0.3 is 0 Å². The molecule has 3 heterocycles. The van der Waals surface area contributed by atoms with Gasteiger partial charge in [0, 0.05) is 24.7 Å². The van der Waals surface area contributed by atoms with Crippen molar-refractivity contribution in [3.63, 3.8) is 0 Å². The molecule has 0 atom stereocenters. The highest BCUT2D eigenvalue weighted by Gasteiger charge is 2.28. The van der Waals surface area contributed by atoms with Gasteiger partial charge in [-0.05, 0) is 63.1 Å². The Morgan fingerprint density at radius 1 is 1.00 bits per heavy atom. The van der Waals surface area contributed by atoms with E-state index in [0.29, 0.717) is 43.9 Å². The second-order valence-electron chi connectivity index (χ2n) is 9.28. The molecule has 3 aliphatic rings. The molecule has 2 aliphatic heterocycles. The number of morpholine rings is 1. The van der Waals surface area contributed by atoms with E-state index in [-0.39, 0.29) is 0 Å². The van der Waals surface area contributed by atoms with Gasteiger partial charge in [0.1, 0.15) is 0 Å². The predicted octanol–water partition coefficient (Wildman–Crippen LogP) is 3.66. The fraction of sp³-hybridized carbons (Fsp3) is 0.652. The molecule has 33 heavy (non-hydrogen) atoms. The molecule has 1 aromatic carbocycles. The topological polar surface area (TPSA) is 72.6 Å². The first-order valence-corrected chi connectivity index (χ1v) is 14.0. The number of benzene rings is 1. The van der Waals surface area contributed by atoms with Gasteiger partial charge in [-0.2, -0.15) is 9.40 Å². The smallest absolute Gasteiger partial charge is 0.243 e. The zero-order valence-electron chi connectivity index (χ0n) is 19.1. The minimum Gasteiger partial charge on any atom is -0.379 e. The minimum absolute atomic E-state index is 0.302. The van der Waals surface area contributed by atoms with E-state index in [1.165, 1.54) is 36.4 Å². The highest BCUT2D eigenvalue weighted by Crippen LogP contribution is 2.34. The van der Waals surface area contributed by atoms with Crippen LogP contribution in [0.5, 0.6) is 0 Å². The minimum atomic E-state index is -3.58. The van der Waals surface area contributed by atoms with Gasteiger partial charge < -0.3 is 4.74 Å². The Kier molecular flexibility index (Phi) is 6.99. The van der Waals surface area contributed by atoms with Crippen LogP contribution in [0.4, 0.5) is 0 Å². The van der Waals surface area contributed by atoms with Crippen molar-refractivity contribution in [3.8, 4) is 11.4 Å². The highest BCUT2D eigenvalue weighted by atomic mass is 32.2. The van der Waals surface area contributed by atoms with Crippen molar-refractivity contribution in [1.82, 2.24) is 23.6 Å².